The molecule has 4 nitrogen and oxygen atoms in total. The van der Waals surface area contributed by atoms with E-state index in [1.165, 1.54) is 6.20 Å². The van der Waals surface area contributed by atoms with Crippen molar-refractivity contribution in [2.45, 2.75) is 6.92 Å². The lowest BCUT2D eigenvalue weighted by molar-refractivity contribution is -0.105. The molecule has 0 saturated carbocycles. The number of benzene rings is 1. The first-order chi connectivity index (χ1) is 8.31. The lowest BCUT2D eigenvalue weighted by Gasteiger charge is -2.09. The van der Waals surface area contributed by atoms with Gasteiger partial charge in [0, 0.05) is 0 Å². The number of nitrogens with one attached hydrogen (secondary N) is 1. The molecule has 88 valence electrons. The van der Waals surface area contributed by atoms with Gasteiger partial charge in [-0.05, 0) is 31.9 Å². The number of nitrogens with zero attached hydrogens (tertiary/aromatic N) is 1. The Morgan fingerprint density at radius 2 is 2.24 bits per heavy atom. The summed E-state index contributed by atoms with van der Waals surface area (Å²) in [5.41, 5.74) is 0.599. The molecule has 0 aliphatic carbocycles. The zero-order chi connectivity index (χ0) is 12.5. The van der Waals surface area contributed by atoms with E-state index in [0.29, 0.717) is 23.6 Å². The maximum Gasteiger partial charge on any atom is 0.211 e. The van der Waals surface area contributed by atoms with Crippen molar-refractivity contribution in [3.63, 3.8) is 0 Å². The molecule has 1 N–H and O–H groups in total. The predicted octanol–water partition coefficient (Wildman–Crippen LogP) is 2.75. The zero-order valence-electron chi connectivity index (χ0n) is 9.59. The Morgan fingerprint density at radius 1 is 1.47 bits per heavy atom. The summed E-state index contributed by atoms with van der Waals surface area (Å²) >= 11 is 0. The van der Waals surface area contributed by atoms with Gasteiger partial charge in [0.05, 0.1) is 11.9 Å². The number of anilines is 1. The van der Waals surface area contributed by atoms with Gasteiger partial charge in [-0.25, -0.2) is 0 Å². The van der Waals surface area contributed by atoms with E-state index in [-0.39, 0.29) is 0 Å². The number of ether oxygens (including phenoxy) is 1. The first-order valence-electron chi connectivity index (χ1n) is 5.07. The second kappa shape index (κ2) is 7.00. The van der Waals surface area contributed by atoms with Crippen LogP contribution >= 0.6 is 0 Å². The summed E-state index contributed by atoms with van der Waals surface area (Å²) in [7, 11) is 0. The highest BCUT2D eigenvalue weighted by molar-refractivity contribution is 5.75. The summed E-state index contributed by atoms with van der Waals surface area (Å²) in [5.74, 6) is 1.09. The Bertz CT molecular complexity index is 450. The SMILES string of the molecule is C=N/C=C(\C=C/C)Oc1ccccc1NC=O. The van der Waals surface area contributed by atoms with Crippen molar-refractivity contribution < 1.29 is 9.53 Å². The highest BCUT2D eigenvalue weighted by Gasteiger charge is 2.03. The van der Waals surface area contributed by atoms with Crippen molar-refractivity contribution in [2.75, 3.05) is 5.32 Å². The van der Waals surface area contributed by atoms with Crippen LogP contribution in [0.25, 0.3) is 0 Å². The van der Waals surface area contributed by atoms with Crippen molar-refractivity contribution in [1.82, 2.24) is 0 Å². The Kier molecular flexibility index (Phi) is 5.24. The fourth-order valence-corrected chi connectivity index (χ4v) is 1.22. The van der Waals surface area contributed by atoms with Crippen LogP contribution in [-0.2, 0) is 4.79 Å². The molecule has 1 amide bonds. The molecule has 1 aromatic carbocycles. The fourth-order valence-electron chi connectivity index (χ4n) is 1.22. The quantitative estimate of drug-likeness (QED) is 0.353. The Labute approximate surface area is 100 Å². The van der Waals surface area contributed by atoms with Gasteiger partial charge in [0.25, 0.3) is 0 Å². The molecule has 0 heterocycles. The maximum absolute atomic E-state index is 10.4. The molecule has 0 fully saturated rings. The van der Waals surface area contributed by atoms with Crippen molar-refractivity contribution in [3.05, 3.63) is 48.4 Å². The van der Waals surface area contributed by atoms with Gasteiger partial charge >= 0.3 is 0 Å². The maximum atomic E-state index is 10.4. The van der Waals surface area contributed by atoms with Gasteiger partial charge in [0.1, 0.15) is 5.76 Å². The second-order valence-corrected chi connectivity index (χ2v) is 3.07. The average molecular weight is 230 g/mol. The summed E-state index contributed by atoms with van der Waals surface area (Å²) in [6.45, 7) is 5.24. The minimum atomic E-state index is 0.544. The second-order valence-electron chi connectivity index (χ2n) is 3.07. The van der Waals surface area contributed by atoms with Gasteiger partial charge in [0.2, 0.25) is 6.41 Å². The zero-order valence-corrected chi connectivity index (χ0v) is 9.59. The highest BCUT2D eigenvalue weighted by atomic mass is 16.5. The lowest BCUT2D eigenvalue weighted by atomic mass is 10.3. The van der Waals surface area contributed by atoms with E-state index in [0.717, 1.165) is 0 Å². The van der Waals surface area contributed by atoms with E-state index >= 15 is 0 Å². The summed E-state index contributed by atoms with van der Waals surface area (Å²) in [6.07, 6.45) is 5.68. The minimum Gasteiger partial charge on any atom is -0.454 e. The number of rotatable bonds is 6. The van der Waals surface area contributed by atoms with Gasteiger partial charge < -0.3 is 10.1 Å². The fraction of sp³-hybridized carbons (Fsp3) is 0.0769. The number of carbonyl (C=O) groups excluding carboxylic acids is 1. The third-order valence-electron chi connectivity index (χ3n) is 1.88. The summed E-state index contributed by atoms with van der Waals surface area (Å²) in [6, 6.07) is 7.13. The Morgan fingerprint density at radius 3 is 2.88 bits per heavy atom. The Balaban J connectivity index is 2.96. The topological polar surface area (TPSA) is 50.7 Å². The molecule has 0 aliphatic rings. The molecule has 0 atom stereocenters. The normalized spacial score (nSPS) is 11.2. The molecular weight excluding hydrogens is 216 g/mol. The van der Waals surface area contributed by atoms with Crippen LogP contribution in [0.5, 0.6) is 5.75 Å². The van der Waals surface area contributed by atoms with E-state index in [4.69, 9.17) is 4.74 Å². The van der Waals surface area contributed by atoms with Crippen molar-refractivity contribution in [2.24, 2.45) is 4.99 Å². The van der Waals surface area contributed by atoms with E-state index in [1.54, 1.807) is 18.2 Å². The van der Waals surface area contributed by atoms with E-state index in [2.05, 4.69) is 17.0 Å². The Hall–Kier alpha value is -2.36. The molecule has 17 heavy (non-hydrogen) atoms. The predicted molar refractivity (Wildman–Crippen MR) is 69.2 cm³/mol. The van der Waals surface area contributed by atoms with Crippen LogP contribution < -0.4 is 10.1 Å². The molecule has 0 saturated heterocycles. The minimum absolute atomic E-state index is 0.544. The largest absolute Gasteiger partial charge is 0.454 e. The molecule has 0 radical (unpaired) electrons. The van der Waals surface area contributed by atoms with Gasteiger partial charge in [0.15, 0.2) is 5.75 Å². The van der Waals surface area contributed by atoms with Gasteiger partial charge in [-0.15, -0.1) is 0 Å². The van der Waals surface area contributed by atoms with Gasteiger partial charge in [-0.1, -0.05) is 18.2 Å². The number of carbonyl (C=O) groups is 1. The van der Waals surface area contributed by atoms with Crippen LogP contribution in [-0.4, -0.2) is 13.1 Å². The monoisotopic (exact) mass is 230 g/mol. The summed E-state index contributed by atoms with van der Waals surface area (Å²) in [4.78, 5) is 14.1. The molecule has 1 rings (SSSR count). The number of para-hydroxylation sites is 2. The van der Waals surface area contributed by atoms with Crippen LogP contribution in [0.1, 0.15) is 6.92 Å². The number of hydrogen-bond acceptors (Lipinski definition) is 3. The first-order valence-corrected chi connectivity index (χ1v) is 5.07. The smallest absolute Gasteiger partial charge is 0.211 e. The third-order valence-corrected chi connectivity index (χ3v) is 1.88. The molecule has 1 aromatic rings. The number of aliphatic imine (C=N–C) groups is 1. The number of amides is 1. The van der Waals surface area contributed by atoms with Crippen LogP contribution in [0.3, 0.4) is 0 Å². The average Bonchev–Trinajstić information content (AvgIpc) is 2.33. The third kappa shape index (κ3) is 3.95. The van der Waals surface area contributed by atoms with Gasteiger partial charge in [-0.3, -0.25) is 9.79 Å². The molecule has 0 unspecified atom stereocenters. The standard InChI is InChI=1S/C13H14N2O2/c1-3-6-11(9-14-2)17-13-8-5-4-7-12(13)15-10-16/h3-10H,2H2,1H3,(H,15,16)/b6-3-,11-9+. The number of hydrogen-bond donors (Lipinski definition) is 1. The lowest BCUT2D eigenvalue weighted by Crippen LogP contribution is -1.99. The molecule has 4 heteroatoms. The summed E-state index contributed by atoms with van der Waals surface area (Å²) in [5, 5.41) is 2.56. The van der Waals surface area contributed by atoms with Crippen molar-refractivity contribution >= 4 is 18.8 Å². The molecule has 0 bridgehead atoms. The van der Waals surface area contributed by atoms with Crippen LogP contribution in [0, 0.1) is 0 Å². The first kappa shape index (κ1) is 12.7. The summed E-state index contributed by atoms with van der Waals surface area (Å²) < 4.78 is 5.60. The van der Waals surface area contributed by atoms with Crippen LogP contribution in [0.4, 0.5) is 5.69 Å². The van der Waals surface area contributed by atoms with Crippen LogP contribution in [0.15, 0.2) is 53.4 Å². The van der Waals surface area contributed by atoms with Crippen LogP contribution in [0.2, 0.25) is 0 Å². The van der Waals surface area contributed by atoms with E-state index < -0.39 is 0 Å². The molecule has 0 spiro atoms. The number of allylic oxidation sites excluding steroid dienone is 2. The molecule has 0 aliphatic heterocycles. The highest BCUT2D eigenvalue weighted by Crippen LogP contribution is 2.25. The van der Waals surface area contributed by atoms with E-state index in [1.807, 2.05) is 25.1 Å². The molecule has 0 aromatic heterocycles. The molecular formula is C13H14N2O2. The van der Waals surface area contributed by atoms with Crippen molar-refractivity contribution in [3.8, 4) is 5.75 Å². The van der Waals surface area contributed by atoms with Gasteiger partial charge in [-0.2, -0.15) is 0 Å². The van der Waals surface area contributed by atoms with Crippen molar-refractivity contribution in [1.29, 1.82) is 0 Å². The van der Waals surface area contributed by atoms with E-state index in [9.17, 15) is 4.79 Å².